The van der Waals surface area contributed by atoms with E-state index in [2.05, 4.69) is 34.3 Å². The summed E-state index contributed by atoms with van der Waals surface area (Å²) in [6.07, 6.45) is 5.93. The molecule has 2 aromatic rings. The second-order valence-corrected chi connectivity index (χ2v) is 6.72. The number of nitrogens with zero attached hydrogens (tertiary/aromatic N) is 2. The second kappa shape index (κ2) is 8.32. The molecule has 0 saturated carbocycles. The molecule has 0 radical (unpaired) electrons. The van der Waals surface area contributed by atoms with E-state index < -0.39 is 0 Å². The Morgan fingerprint density at radius 3 is 2.64 bits per heavy atom. The Bertz CT molecular complexity index is 670. The number of aromatic hydroxyl groups is 1. The number of aromatic nitrogens is 1. The van der Waals surface area contributed by atoms with E-state index in [9.17, 15) is 5.11 Å². The summed E-state index contributed by atoms with van der Waals surface area (Å²) >= 11 is 0. The molecular weight excluding hydrogens is 314 g/mol. The van der Waals surface area contributed by atoms with Crippen molar-refractivity contribution in [2.45, 2.75) is 38.4 Å². The van der Waals surface area contributed by atoms with Gasteiger partial charge in [0.15, 0.2) is 0 Å². The number of ether oxygens (including phenoxy) is 1. The monoisotopic (exact) mass is 341 g/mol. The number of likely N-dealkylation sites (tertiary alicyclic amines) is 1. The Kier molecular flexibility index (Phi) is 5.89. The summed E-state index contributed by atoms with van der Waals surface area (Å²) in [7, 11) is 1.65. The first kappa shape index (κ1) is 17.7. The van der Waals surface area contributed by atoms with Crippen LogP contribution in [0.2, 0.25) is 0 Å². The maximum Gasteiger partial charge on any atom is 0.120 e. The van der Waals surface area contributed by atoms with Gasteiger partial charge in [-0.05, 0) is 68.8 Å². The maximum absolute atomic E-state index is 10.1. The lowest BCUT2D eigenvalue weighted by molar-refractivity contribution is 0.185. The highest BCUT2D eigenvalue weighted by atomic mass is 16.5. The van der Waals surface area contributed by atoms with Crippen molar-refractivity contribution in [3.8, 4) is 11.5 Å². The molecule has 0 amide bonds. The van der Waals surface area contributed by atoms with Crippen molar-refractivity contribution in [3.05, 3.63) is 53.9 Å². The highest BCUT2D eigenvalue weighted by molar-refractivity contribution is 5.41. The maximum atomic E-state index is 10.1. The molecular formula is C20H27N3O2. The first-order chi connectivity index (χ1) is 12.2. The van der Waals surface area contributed by atoms with Gasteiger partial charge in [0, 0.05) is 36.6 Å². The summed E-state index contributed by atoms with van der Waals surface area (Å²) in [6.45, 7) is 5.24. The highest BCUT2D eigenvalue weighted by Crippen LogP contribution is 2.29. The standard InChI is InChI=1S/C20H27N3O2/c1-15(19-13-18(25-2)3-4-20(19)24)22-17-7-11-23(12-8-17)14-16-5-9-21-10-6-16/h3-6,9-10,13,15,17,22,24H,7-8,11-12,14H2,1-2H3. The number of phenolic OH excluding ortho intramolecular Hbond substituents is 1. The van der Waals surface area contributed by atoms with Gasteiger partial charge in [0.1, 0.15) is 11.5 Å². The molecule has 0 spiro atoms. The minimum absolute atomic E-state index is 0.0897. The van der Waals surface area contributed by atoms with Crippen LogP contribution >= 0.6 is 0 Å². The van der Waals surface area contributed by atoms with Crippen LogP contribution in [0.5, 0.6) is 11.5 Å². The average Bonchev–Trinajstić information content (AvgIpc) is 2.64. The molecule has 1 atom stereocenters. The Balaban J connectivity index is 1.52. The van der Waals surface area contributed by atoms with Gasteiger partial charge in [-0.2, -0.15) is 0 Å². The number of nitrogens with one attached hydrogen (secondary N) is 1. The molecule has 0 aliphatic carbocycles. The fraction of sp³-hybridized carbons (Fsp3) is 0.450. The van der Waals surface area contributed by atoms with Crippen molar-refractivity contribution >= 4 is 0 Å². The number of hydrogen-bond acceptors (Lipinski definition) is 5. The topological polar surface area (TPSA) is 57.6 Å². The van der Waals surface area contributed by atoms with Crippen molar-refractivity contribution in [2.75, 3.05) is 20.2 Å². The zero-order valence-electron chi connectivity index (χ0n) is 15.0. The first-order valence-corrected chi connectivity index (χ1v) is 8.90. The number of hydrogen-bond donors (Lipinski definition) is 2. The van der Waals surface area contributed by atoms with Gasteiger partial charge in [0.05, 0.1) is 7.11 Å². The van der Waals surface area contributed by atoms with Crippen LogP contribution < -0.4 is 10.1 Å². The molecule has 1 aromatic carbocycles. The van der Waals surface area contributed by atoms with Crippen molar-refractivity contribution in [3.63, 3.8) is 0 Å². The Morgan fingerprint density at radius 1 is 1.24 bits per heavy atom. The molecule has 5 heteroatoms. The molecule has 2 heterocycles. The minimum Gasteiger partial charge on any atom is -0.508 e. The molecule has 3 rings (SSSR count). The van der Waals surface area contributed by atoms with Gasteiger partial charge >= 0.3 is 0 Å². The summed E-state index contributed by atoms with van der Waals surface area (Å²) < 4.78 is 5.27. The lowest BCUT2D eigenvalue weighted by Crippen LogP contribution is -2.42. The smallest absolute Gasteiger partial charge is 0.120 e. The Morgan fingerprint density at radius 2 is 1.96 bits per heavy atom. The molecule has 1 aliphatic heterocycles. The zero-order valence-corrected chi connectivity index (χ0v) is 15.0. The third-order valence-corrected chi connectivity index (χ3v) is 4.93. The van der Waals surface area contributed by atoms with Gasteiger partial charge in [-0.15, -0.1) is 0 Å². The zero-order chi connectivity index (χ0) is 17.6. The van der Waals surface area contributed by atoms with Crippen LogP contribution in [-0.4, -0.2) is 41.2 Å². The predicted molar refractivity (Wildman–Crippen MR) is 98.7 cm³/mol. The molecule has 1 saturated heterocycles. The van der Waals surface area contributed by atoms with E-state index in [0.29, 0.717) is 11.8 Å². The fourth-order valence-electron chi connectivity index (χ4n) is 3.45. The van der Waals surface area contributed by atoms with E-state index in [4.69, 9.17) is 4.74 Å². The van der Waals surface area contributed by atoms with E-state index in [1.165, 1.54) is 5.56 Å². The van der Waals surface area contributed by atoms with E-state index >= 15 is 0 Å². The van der Waals surface area contributed by atoms with Crippen LogP contribution in [0, 0.1) is 0 Å². The molecule has 1 aliphatic rings. The summed E-state index contributed by atoms with van der Waals surface area (Å²) in [4.78, 5) is 6.56. The van der Waals surface area contributed by atoms with Crippen LogP contribution in [0.15, 0.2) is 42.7 Å². The Labute approximate surface area is 149 Å². The fourth-order valence-corrected chi connectivity index (χ4v) is 3.45. The normalized spacial score (nSPS) is 17.4. The SMILES string of the molecule is COc1ccc(O)c(C(C)NC2CCN(Cc3ccncc3)CC2)c1. The summed E-state index contributed by atoms with van der Waals surface area (Å²) in [5.41, 5.74) is 2.20. The van der Waals surface area contributed by atoms with E-state index in [1.54, 1.807) is 19.2 Å². The molecule has 5 nitrogen and oxygen atoms in total. The molecule has 0 bridgehead atoms. The number of phenols is 1. The molecule has 25 heavy (non-hydrogen) atoms. The molecule has 1 fully saturated rings. The lowest BCUT2D eigenvalue weighted by Gasteiger charge is -2.34. The molecule has 1 unspecified atom stereocenters. The van der Waals surface area contributed by atoms with Crippen LogP contribution in [-0.2, 0) is 6.54 Å². The minimum atomic E-state index is 0.0897. The van der Waals surface area contributed by atoms with Gasteiger partial charge in [0.25, 0.3) is 0 Å². The number of benzene rings is 1. The van der Waals surface area contributed by atoms with Crippen LogP contribution in [0.4, 0.5) is 0 Å². The number of methoxy groups -OCH3 is 1. The third kappa shape index (κ3) is 4.71. The average molecular weight is 341 g/mol. The first-order valence-electron chi connectivity index (χ1n) is 8.90. The van der Waals surface area contributed by atoms with Gasteiger partial charge in [0.2, 0.25) is 0 Å². The van der Waals surface area contributed by atoms with Crippen molar-refractivity contribution in [2.24, 2.45) is 0 Å². The van der Waals surface area contributed by atoms with Crippen LogP contribution in [0.25, 0.3) is 0 Å². The molecule has 1 aromatic heterocycles. The number of pyridine rings is 1. The molecule has 134 valence electrons. The Hall–Kier alpha value is -2.11. The summed E-state index contributed by atoms with van der Waals surface area (Å²) in [5, 5.41) is 13.8. The van der Waals surface area contributed by atoms with E-state index in [-0.39, 0.29) is 6.04 Å². The quantitative estimate of drug-likeness (QED) is 0.845. The van der Waals surface area contributed by atoms with Crippen molar-refractivity contribution in [1.29, 1.82) is 0 Å². The third-order valence-electron chi connectivity index (χ3n) is 4.93. The van der Waals surface area contributed by atoms with Gasteiger partial charge < -0.3 is 15.2 Å². The lowest BCUT2D eigenvalue weighted by atomic mass is 10.0. The van der Waals surface area contributed by atoms with Crippen LogP contribution in [0.3, 0.4) is 0 Å². The van der Waals surface area contributed by atoms with E-state index in [0.717, 1.165) is 43.8 Å². The second-order valence-electron chi connectivity index (χ2n) is 6.72. The van der Waals surface area contributed by atoms with Crippen LogP contribution in [0.1, 0.15) is 36.9 Å². The van der Waals surface area contributed by atoms with Gasteiger partial charge in [-0.1, -0.05) is 0 Å². The largest absolute Gasteiger partial charge is 0.508 e. The molecule has 2 N–H and O–H groups in total. The summed E-state index contributed by atoms with van der Waals surface area (Å²) in [5.74, 6) is 1.09. The van der Waals surface area contributed by atoms with Crippen molar-refractivity contribution in [1.82, 2.24) is 15.2 Å². The van der Waals surface area contributed by atoms with E-state index in [1.807, 2.05) is 18.5 Å². The van der Waals surface area contributed by atoms with Crippen molar-refractivity contribution < 1.29 is 9.84 Å². The number of rotatable bonds is 6. The summed E-state index contributed by atoms with van der Waals surface area (Å²) in [6, 6.07) is 10.1. The predicted octanol–water partition coefficient (Wildman–Crippen LogP) is 3.11. The van der Waals surface area contributed by atoms with Gasteiger partial charge in [-0.3, -0.25) is 9.88 Å². The highest BCUT2D eigenvalue weighted by Gasteiger charge is 2.22. The van der Waals surface area contributed by atoms with Gasteiger partial charge in [-0.25, -0.2) is 0 Å². The number of piperidine rings is 1.